The molecule has 5 heterocycles. The largest absolute Gasteiger partial charge is 0.416 e. The van der Waals surface area contributed by atoms with Crippen LogP contribution in [0.1, 0.15) is 30.4 Å². The maximum absolute atomic E-state index is 14.1. The number of amides is 1. The summed E-state index contributed by atoms with van der Waals surface area (Å²) in [6.45, 7) is 4.69. The van der Waals surface area contributed by atoms with Crippen LogP contribution in [0.5, 0.6) is 0 Å². The van der Waals surface area contributed by atoms with Gasteiger partial charge in [0.1, 0.15) is 24.4 Å². The maximum Gasteiger partial charge on any atom is 0.416 e. The van der Waals surface area contributed by atoms with E-state index in [9.17, 15) is 22.8 Å². The average Bonchev–Trinajstić information content (AvgIpc) is 3.50. The van der Waals surface area contributed by atoms with Gasteiger partial charge >= 0.3 is 6.18 Å². The van der Waals surface area contributed by atoms with E-state index >= 15 is 0 Å². The molecule has 1 aromatic carbocycles. The molecule has 2 aliphatic rings. The molecule has 16 heteroatoms. The summed E-state index contributed by atoms with van der Waals surface area (Å²) in [7, 11) is 0. The van der Waals surface area contributed by atoms with Gasteiger partial charge in [-0.15, -0.1) is 5.10 Å². The monoisotopic (exact) mass is 643 g/mol. The summed E-state index contributed by atoms with van der Waals surface area (Å²) >= 11 is 6.10. The molecule has 1 N–H and O–H groups in total. The molecular weight excluding hydrogens is 615 g/mol. The van der Waals surface area contributed by atoms with Gasteiger partial charge in [-0.25, -0.2) is 9.97 Å². The van der Waals surface area contributed by atoms with Crippen LogP contribution in [0.4, 0.5) is 30.4 Å². The van der Waals surface area contributed by atoms with Crippen LogP contribution in [0.2, 0.25) is 5.02 Å². The molecule has 3 aromatic heterocycles. The highest BCUT2D eigenvalue weighted by Gasteiger charge is 2.31. The Morgan fingerprint density at radius 3 is 2.56 bits per heavy atom. The number of piperazine rings is 1. The van der Waals surface area contributed by atoms with Gasteiger partial charge in [0.15, 0.2) is 5.82 Å². The van der Waals surface area contributed by atoms with E-state index in [1.807, 2.05) is 24.0 Å². The fourth-order valence-corrected chi connectivity index (χ4v) is 5.78. The molecule has 0 spiro atoms. The van der Waals surface area contributed by atoms with E-state index in [0.29, 0.717) is 69.4 Å². The van der Waals surface area contributed by atoms with Crippen LogP contribution < -0.4 is 20.7 Å². The number of hydrogen-bond acceptors (Lipinski definition) is 9. The van der Waals surface area contributed by atoms with Crippen molar-refractivity contribution in [1.82, 2.24) is 29.1 Å². The van der Waals surface area contributed by atoms with Crippen molar-refractivity contribution in [3.63, 3.8) is 0 Å². The van der Waals surface area contributed by atoms with Crippen LogP contribution in [0.15, 0.2) is 47.7 Å². The first-order valence-electron chi connectivity index (χ1n) is 14.4. The van der Waals surface area contributed by atoms with Crippen molar-refractivity contribution in [2.45, 2.75) is 32.5 Å². The van der Waals surface area contributed by atoms with E-state index in [2.05, 4.69) is 30.3 Å². The second kappa shape index (κ2) is 12.5. The summed E-state index contributed by atoms with van der Waals surface area (Å²) in [5.41, 5.74) is 0.562. The lowest BCUT2D eigenvalue weighted by Crippen LogP contribution is -2.49. The minimum atomic E-state index is -4.58. The number of alkyl halides is 3. The lowest BCUT2D eigenvalue weighted by molar-refractivity contribution is -0.137. The Kier molecular flexibility index (Phi) is 8.46. The molecule has 1 saturated heterocycles. The van der Waals surface area contributed by atoms with Gasteiger partial charge in [0, 0.05) is 32.4 Å². The van der Waals surface area contributed by atoms with Crippen LogP contribution in [-0.2, 0) is 28.7 Å². The first-order chi connectivity index (χ1) is 21.6. The molecule has 2 aliphatic heterocycles. The van der Waals surface area contributed by atoms with Crippen LogP contribution in [0.3, 0.4) is 0 Å². The van der Waals surface area contributed by atoms with Crippen LogP contribution in [0, 0.1) is 0 Å². The predicted octanol–water partition coefficient (Wildman–Crippen LogP) is 3.68. The third-order valence-electron chi connectivity index (χ3n) is 7.77. The summed E-state index contributed by atoms with van der Waals surface area (Å²) in [6, 6.07) is 4.55. The lowest BCUT2D eigenvalue weighted by Gasteiger charge is -2.37. The summed E-state index contributed by atoms with van der Waals surface area (Å²) in [5, 5.41) is 6.92. The van der Waals surface area contributed by atoms with E-state index in [1.54, 1.807) is 10.8 Å². The van der Waals surface area contributed by atoms with Crippen molar-refractivity contribution in [3.8, 4) is 0 Å². The Morgan fingerprint density at radius 1 is 1.13 bits per heavy atom. The molecule has 1 fully saturated rings. The highest BCUT2D eigenvalue weighted by molar-refractivity contribution is 6.33. The van der Waals surface area contributed by atoms with Gasteiger partial charge in [0.05, 0.1) is 35.2 Å². The number of carbonyl (C=O) groups excluding carboxylic acids is 1. The second-order valence-corrected chi connectivity index (χ2v) is 10.9. The number of hydrogen-bond donors (Lipinski definition) is 1. The third kappa shape index (κ3) is 6.22. The van der Waals surface area contributed by atoms with Crippen LogP contribution in [-0.4, -0.2) is 74.4 Å². The second-order valence-electron chi connectivity index (χ2n) is 10.5. The quantitative estimate of drug-likeness (QED) is 0.321. The lowest BCUT2D eigenvalue weighted by atomic mass is 10.1. The highest BCUT2D eigenvalue weighted by Crippen LogP contribution is 2.34. The molecule has 0 aliphatic carbocycles. The van der Waals surface area contributed by atoms with E-state index in [1.165, 1.54) is 10.8 Å². The summed E-state index contributed by atoms with van der Waals surface area (Å²) in [5.74, 6) is 0.767. The zero-order chi connectivity index (χ0) is 31.7. The molecule has 12 nitrogen and oxygen atoms in total. The first-order valence-corrected chi connectivity index (χ1v) is 14.7. The summed E-state index contributed by atoms with van der Waals surface area (Å²) in [4.78, 5) is 44.5. The van der Waals surface area contributed by atoms with Crippen molar-refractivity contribution < 1.29 is 22.7 Å². The zero-order valence-electron chi connectivity index (χ0n) is 24.2. The normalized spacial score (nSPS) is 15.8. The van der Waals surface area contributed by atoms with E-state index in [0.717, 1.165) is 29.6 Å². The van der Waals surface area contributed by atoms with Gasteiger partial charge < -0.3 is 24.4 Å². The predicted molar refractivity (Wildman–Crippen MR) is 162 cm³/mol. The van der Waals surface area contributed by atoms with Gasteiger partial charge in [0.25, 0.3) is 5.56 Å². The number of carbonyl (C=O) groups is 1. The Balaban J connectivity index is 1.37. The Labute approximate surface area is 260 Å². The van der Waals surface area contributed by atoms with Crippen molar-refractivity contribution in [1.29, 1.82) is 0 Å². The molecule has 6 rings (SSSR count). The van der Waals surface area contributed by atoms with Crippen LogP contribution in [0.25, 0.3) is 11.4 Å². The van der Waals surface area contributed by atoms with Crippen molar-refractivity contribution >= 4 is 46.1 Å². The van der Waals surface area contributed by atoms with Crippen LogP contribution >= 0.6 is 11.6 Å². The molecule has 0 radical (unpaired) electrons. The fourth-order valence-electron chi connectivity index (χ4n) is 5.55. The van der Waals surface area contributed by atoms with Gasteiger partial charge in [-0.3, -0.25) is 9.59 Å². The van der Waals surface area contributed by atoms with Crippen molar-refractivity contribution in [3.05, 3.63) is 75.3 Å². The fraction of sp³-hybridized carbons (Fsp3) is 0.379. The number of nitrogens with zero attached hydrogens (tertiary/aromatic N) is 8. The Morgan fingerprint density at radius 2 is 1.91 bits per heavy atom. The van der Waals surface area contributed by atoms with Crippen molar-refractivity contribution in [2.24, 2.45) is 0 Å². The van der Waals surface area contributed by atoms with Gasteiger partial charge in [0.2, 0.25) is 11.7 Å². The molecule has 4 aromatic rings. The highest BCUT2D eigenvalue weighted by atomic mass is 35.5. The number of fused-ring (bicyclic) bond motifs is 1. The molecule has 0 bridgehead atoms. The zero-order valence-corrected chi connectivity index (χ0v) is 25.0. The maximum atomic E-state index is 14.1. The molecule has 1 amide bonds. The topological polar surface area (TPSA) is 123 Å². The standard InChI is InChI=1S/C29H29ClF3N9O3/c1-2-22-25(40-11-9-39(10-12-40)23-5-8-34-17-35-23)27(44)42-28(37-26(38-42)18-6-13-45-14-7-18)41(22)16-24(43)36-21-4-3-19(15-20(21)30)29(31,32)33/h3-6,8,15,17H,2,7,9-14,16H2,1H3,(H,36,43). The molecule has 0 atom stereocenters. The smallest absolute Gasteiger partial charge is 0.377 e. The Bertz CT molecular complexity index is 1820. The van der Waals surface area contributed by atoms with Gasteiger partial charge in [-0.2, -0.15) is 22.7 Å². The molecule has 0 unspecified atom stereocenters. The number of halogens is 4. The number of benzene rings is 1. The van der Waals surface area contributed by atoms with Gasteiger partial charge in [-0.05, 0) is 42.7 Å². The molecular formula is C29H29ClF3N9O3. The number of rotatable bonds is 7. The minimum Gasteiger partial charge on any atom is -0.377 e. The summed E-state index contributed by atoms with van der Waals surface area (Å²) < 4.78 is 47.7. The SMILES string of the molecule is CCc1c(N2CCN(c3ccncn3)CC2)c(=O)n2nc(C3=CCOCC3)nc2n1CC(=O)Nc1ccc(C(F)(F)F)cc1Cl. The third-order valence-corrected chi connectivity index (χ3v) is 8.08. The van der Waals surface area contributed by atoms with Gasteiger partial charge in [-0.1, -0.05) is 24.6 Å². The van der Waals surface area contributed by atoms with E-state index < -0.39 is 17.6 Å². The number of ether oxygens (including phenoxy) is 1. The number of anilines is 3. The molecule has 236 valence electrons. The van der Waals surface area contributed by atoms with E-state index in [-0.39, 0.29) is 28.6 Å². The molecule has 45 heavy (non-hydrogen) atoms. The minimum absolute atomic E-state index is 0.0281. The molecule has 0 saturated carbocycles. The van der Waals surface area contributed by atoms with Crippen molar-refractivity contribution in [2.75, 3.05) is 54.5 Å². The first kappa shape index (κ1) is 30.5. The van der Waals surface area contributed by atoms with E-state index in [4.69, 9.17) is 16.3 Å². The number of aromatic nitrogens is 6. The Hall–Kier alpha value is -4.50. The summed E-state index contributed by atoms with van der Waals surface area (Å²) in [6.07, 6.45) is 1.40. The average molecular weight is 644 g/mol. The number of nitrogens with one attached hydrogen (secondary N) is 1.